The summed E-state index contributed by atoms with van der Waals surface area (Å²) < 4.78 is 13.3. The topological polar surface area (TPSA) is 17.1 Å². The molecule has 3 aromatic carbocycles. The third kappa shape index (κ3) is 3.93. The Hall–Kier alpha value is -2.33. The van der Waals surface area contributed by atoms with E-state index in [2.05, 4.69) is 85.8 Å². The van der Waals surface area contributed by atoms with E-state index in [-0.39, 0.29) is 5.92 Å². The second kappa shape index (κ2) is 8.78. The van der Waals surface area contributed by atoms with Crippen molar-refractivity contribution in [1.29, 1.82) is 0 Å². The molecule has 0 heterocycles. The van der Waals surface area contributed by atoms with Crippen LogP contribution >= 0.6 is 15.7 Å². The summed E-state index contributed by atoms with van der Waals surface area (Å²) in [5.74, 6) is 0.190. The van der Waals surface area contributed by atoms with Gasteiger partial charge in [-0.15, -0.1) is 0 Å². The van der Waals surface area contributed by atoms with Crippen molar-refractivity contribution in [3.05, 3.63) is 115 Å². The smallest absolute Gasteiger partial charge is 0.0723 e. The second-order valence-electron chi connectivity index (χ2n) is 6.91. The first kappa shape index (κ1) is 19.0. The highest BCUT2D eigenvalue weighted by molar-refractivity contribution is 7.73. The van der Waals surface area contributed by atoms with Gasteiger partial charge >= 0.3 is 7.80 Å². The fourth-order valence-corrected chi connectivity index (χ4v) is 8.23. The first-order valence-electron chi connectivity index (χ1n) is 9.56. The van der Waals surface area contributed by atoms with E-state index in [0.717, 1.165) is 10.6 Å². The fraction of sp³-hybridized carbons (Fsp3) is 0.120. The molecule has 2 unspecified atom stereocenters. The van der Waals surface area contributed by atoms with E-state index in [4.69, 9.17) is 0 Å². The Kier molecular flexibility index (Phi) is 5.96. The highest BCUT2D eigenvalue weighted by atomic mass is 31.1. The van der Waals surface area contributed by atoms with Gasteiger partial charge in [0.15, 0.2) is 10.6 Å². The molecular formula is C25H23OP2+. The molecule has 0 saturated carbocycles. The summed E-state index contributed by atoms with van der Waals surface area (Å²) in [7, 11) is -2.12. The Morgan fingerprint density at radius 3 is 1.82 bits per heavy atom. The summed E-state index contributed by atoms with van der Waals surface area (Å²) in [6, 6.07) is 31.4. The van der Waals surface area contributed by atoms with Crippen LogP contribution in [0.4, 0.5) is 0 Å². The maximum absolute atomic E-state index is 13.3. The van der Waals surface area contributed by atoms with Crippen LogP contribution in [0.3, 0.4) is 0 Å². The predicted octanol–water partition coefficient (Wildman–Crippen LogP) is 5.73. The van der Waals surface area contributed by atoms with Crippen LogP contribution in [0, 0.1) is 5.92 Å². The highest BCUT2D eigenvalue weighted by Crippen LogP contribution is 2.51. The Balaban J connectivity index is 1.69. The Morgan fingerprint density at radius 2 is 1.29 bits per heavy atom. The fourth-order valence-electron chi connectivity index (χ4n) is 3.76. The SMILES string of the molecule is C[C@H](C1C=CC=C1[P+](=O)c1ccccc1)P(c1ccccc1)c1ccccc1. The molecule has 0 bridgehead atoms. The minimum atomic E-state index is -1.55. The zero-order valence-electron chi connectivity index (χ0n) is 15.8. The van der Waals surface area contributed by atoms with Crippen LogP contribution in [0.2, 0.25) is 0 Å². The van der Waals surface area contributed by atoms with Crippen molar-refractivity contribution < 1.29 is 4.57 Å². The van der Waals surface area contributed by atoms with Crippen molar-refractivity contribution in [2.24, 2.45) is 5.92 Å². The Morgan fingerprint density at radius 1 is 0.786 bits per heavy atom. The molecule has 0 fully saturated rings. The molecule has 0 radical (unpaired) electrons. The summed E-state index contributed by atoms with van der Waals surface area (Å²) in [6.45, 7) is 2.31. The van der Waals surface area contributed by atoms with Crippen molar-refractivity contribution in [2.75, 3.05) is 0 Å². The summed E-state index contributed by atoms with van der Waals surface area (Å²) in [5, 5.41) is 4.69. The van der Waals surface area contributed by atoms with Crippen LogP contribution in [-0.2, 0) is 4.57 Å². The van der Waals surface area contributed by atoms with Gasteiger partial charge in [0.2, 0.25) is 0 Å². The van der Waals surface area contributed by atoms with Gasteiger partial charge < -0.3 is 0 Å². The number of rotatable bonds is 6. The molecule has 4 rings (SSSR count). The number of hydrogen-bond acceptors (Lipinski definition) is 1. The van der Waals surface area contributed by atoms with Crippen LogP contribution in [-0.4, -0.2) is 5.66 Å². The molecule has 0 amide bonds. The average molecular weight is 401 g/mol. The minimum absolute atomic E-state index is 0.190. The second-order valence-corrected chi connectivity index (χ2v) is 11.1. The third-order valence-electron chi connectivity index (χ3n) is 5.15. The van der Waals surface area contributed by atoms with Crippen LogP contribution in [0.25, 0.3) is 0 Å². The van der Waals surface area contributed by atoms with E-state index < -0.39 is 15.7 Å². The van der Waals surface area contributed by atoms with Crippen molar-refractivity contribution in [1.82, 2.24) is 0 Å². The molecule has 0 aromatic heterocycles. The van der Waals surface area contributed by atoms with Crippen LogP contribution in [0.15, 0.2) is 115 Å². The molecule has 0 aliphatic heterocycles. The normalized spacial score (nSPS) is 17.4. The van der Waals surface area contributed by atoms with Crippen LogP contribution in [0.5, 0.6) is 0 Å². The van der Waals surface area contributed by atoms with Gasteiger partial charge in [0, 0.05) is 0 Å². The first-order chi connectivity index (χ1) is 13.8. The van der Waals surface area contributed by atoms with Gasteiger partial charge in [0.25, 0.3) is 0 Å². The van der Waals surface area contributed by atoms with Crippen LogP contribution < -0.4 is 15.9 Å². The molecule has 28 heavy (non-hydrogen) atoms. The first-order valence-corrected chi connectivity index (χ1v) is 12.2. The molecule has 1 aliphatic carbocycles. The van der Waals surface area contributed by atoms with Crippen molar-refractivity contribution >= 4 is 31.6 Å². The lowest BCUT2D eigenvalue weighted by atomic mass is 10.1. The number of benzene rings is 3. The van der Waals surface area contributed by atoms with E-state index in [0.29, 0.717) is 5.66 Å². The van der Waals surface area contributed by atoms with Crippen LogP contribution in [0.1, 0.15) is 6.92 Å². The lowest BCUT2D eigenvalue weighted by molar-refractivity contribution is 0.593. The lowest BCUT2D eigenvalue weighted by Crippen LogP contribution is -2.25. The van der Waals surface area contributed by atoms with Crippen molar-refractivity contribution in [3.8, 4) is 0 Å². The molecule has 1 nitrogen and oxygen atoms in total. The number of allylic oxidation sites excluding steroid dienone is 4. The number of hydrogen-bond donors (Lipinski definition) is 0. The van der Waals surface area contributed by atoms with E-state index >= 15 is 0 Å². The molecule has 1 aliphatic rings. The quantitative estimate of drug-likeness (QED) is 0.482. The summed E-state index contributed by atoms with van der Waals surface area (Å²) in [5.41, 5.74) is 0.354. The molecule has 138 valence electrons. The zero-order chi connectivity index (χ0) is 19.3. The Bertz CT molecular complexity index is 955. The van der Waals surface area contributed by atoms with Gasteiger partial charge in [-0.1, -0.05) is 103 Å². The van der Waals surface area contributed by atoms with E-state index in [1.807, 2.05) is 30.3 Å². The predicted molar refractivity (Wildman–Crippen MR) is 123 cm³/mol. The van der Waals surface area contributed by atoms with E-state index in [1.54, 1.807) is 0 Å². The molecule has 3 heteroatoms. The van der Waals surface area contributed by atoms with Gasteiger partial charge in [0.1, 0.15) is 0 Å². The zero-order valence-corrected chi connectivity index (χ0v) is 17.6. The van der Waals surface area contributed by atoms with Crippen molar-refractivity contribution in [2.45, 2.75) is 12.6 Å². The maximum Gasteiger partial charge on any atom is 0.411 e. The molecule has 0 saturated heterocycles. The van der Waals surface area contributed by atoms with Gasteiger partial charge in [-0.25, -0.2) is 0 Å². The minimum Gasteiger partial charge on any atom is -0.0723 e. The molecule has 0 spiro atoms. The Labute approximate surface area is 169 Å². The largest absolute Gasteiger partial charge is 0.411 e. The lowest BCUT2D eigenvalue weighted by Gasteiger charge is -2.28. The molecule has 3 atom stereocenters. The third-order valence-corrected chi connectivity index (χ3v) is 9.68. The van der Waals surface area contributed by atoms with Gasteiger partial charge in [-0.2, -0.15) is 0 Å². The highest BCUT2D eigenvalue weighted by Gasteiger charge is 2.40. The molecule has 3 aromatic rings. The van der Waals surface area contributed by atoms with Gasteiger partial charge in [-0.05, 0) is 42.4 Å². The van der Waals surface area contributed by atoms with Gasteiger partial charge in [0.05, 0.1) is 5.92 Å². The van der Waals surface area contributed by atoms with Crippen molar-refractivity contribution in [3.63, 3.8) is 0 Å². The summed E-state index contributed by atoms with van der Waals surface area (Å²) in [4.78, 5) is 0. The summed E-state index contributed by atoms with van der Waals surface area (Å²) in [6.07, 6.45) is 6.38. The maximum atomic E-state index is 13.3. The monoisotopic (exact) mass is 401 g/mol. The molecular weight excluding hydrogens is 378 g/mol. The van der Waals surface area contributed by atoms with E-state index in [9.17, 15) is 4.57 Å². The average Bonchev–Trinajstić information content (AvgIpc) is 3.25. The molecule has 0 N–H and O–H groups in total. The standard InChI is InChI=1S/C25H23OP2/c1-20(24-18-11-19-25(24)28(26)23-16-9-4-10-17-23)27(21-12-5-2-6-13-21)22-14-7-3-8-15-22/h2-20,24H,1H3/q+1/t20-,24?/m1/s1. The van der Waals surface area contributed by atoms with Gasteiger partial charge in [-0.3, -0.25) is 0 Å². The summed E-state index contributed by atoms with van der Waals surface area (Å²) >= 11 is 0. The van der Waals surface area contributed by atoms with E-state index in [1.165, 1.54) is 10.6 Å².